The molecule has 0 amide bonds. The second-order valence-electron chi connectivity index (χ2n) is 7.38. The zero-order chi connectivity index (χ0) is 20.3. The highest BCUT2D eigenvalue weighted by Gasteiger charge is 2.35. The molecule has 3 rings (SSSR count). The van der Waals surface area contributed by atoms with Gasteiger partial charge in [0.1, 0.15) is 18.2 Å². The Labute approximate surface area is 164 Å². The third-order valence-corrected chi connectivity index (χ3v) is 4.48. The van der Waals surface area contributed by atoms with Crippen LogP contribution in [-0.2, 0) is 25.4 Å². The summed E-state index contributed by atoms with van der Waals surface area (Å²) in [5.41, 5.74) is 1.77. The zero-order valence-electron chi connectivity index (χ0n) is 16.7. The topological polar surface area (TPSA) is 90.0 Å². The largest absolute Gasteiger partial charge is 0.478 e. The molecule has 0 saturated carbocycles. The highest BCUT2D eigenvalue weighted by Crippen LogP contribution is 2.25. The van der Waals surface area contributed by atoms with Gasteiger partial charge in [-0.05, 0) is 51.8 Å². The lowest BCUT2D eigenvalue weighted by molar-refractivity contribution is -0.145. The molecule has 0 fully saturated rings. The summed E-state index contributed by atoms with van der Waals surface area (Å²) >= 11 is 0. The molecule has 0 spiro atoms. The van der Waals surface area contributed by atoms with Crippen LogP contribution in [0, 0.1) is 5.92 Å². The lowest BCUT2D eigenvalue weighted by atomic mass is 9.98. The van der Waals surface area contributed by atoms with E-state index in [-0.39, 0.29) is 17.5 Å². The molecule has 150 valence electrons. The molecule has 1 aromatic carbocycles. The molecule has 1 aromatic heterocycles. The van der Waals surface area contributed by atoms with Crippen molar-refractivity contribution in [3.05, 3.63) is 35.5 Å². The van der Waals surface area contributed by atoms with E-state index in [0.717, 1.165) is 16.5 Å². The number of nitrogens with zero attached hydrogens (tertiary/aromatic N) is 1. The number of hydrogen-bond acceptors (Lipinski definition) is 6. The van der Waals surface area contributed by atoms with Crippen molar-refractivity contribution in [3.63, 3.8) is 0 Å². The molecular formula is C21H26N2O5. The van der Waals surface area contributed by atoms with Crippen molar-refractivity contribution in [1.29, 1.82) is 0 Å². The van der Waals surface area contributed by atoms with Gasteiger partial charge in [-0.15, -0.1) is 0 Å². The minimum absolute atomic E-state index is 0.296. The van der Waals surface area contributed by atoms with E-state index in [1.165, 1.54) is 0 Å². The molecule has 0 radical (unpaired) electrons. The predicted molar refractivity (Wildman–Crippen MR) is 106 cm³/mol. The highest BCUT2D eigenvalue weighted by atomic mass is 16.5. The van der Waals surface area contributed by atoms with Crippen molar-refractivity contribution < 1.29 is 23.8 Å². The fourth-order valence-electron chi connectivity index (χ4n) is 3.16. The number of rotatable bonds is 7. The molecule has 1 atom stereocenters. The molecule has 0 aliphatic carbocycles. The van der Waals surface area contributed by atoms with Gasteiger partial charge in [-0.25, -0.2) is 9.79 Å². The summed E-state index contributed by atoms with van der Waals surface area (Å²) in [5.74, 6) is -0.917. The minimum atomic E-state index is -0.598. The Hall–Kier alpha value is -2.83. The number of aliphatic imine (C=N–C) groups is 1. The van der Waals surface area contributed by atoms with E-state index in [0.29, 0.717) is 37.8 Å². The molecule has 1 N–H and O–H groups in total. The van der Waals surface area contributed by atoms with Crippen molar-refractivity contribution in [3.8, 4) is 0 Å². The normalized spacial score (nSPS) is 16.4. The van der Waals surface area contributed by atoms with Crippen molar-refractivity contribution in [2.75, 3.05) is 19.8 Å². The molecule has 1 unspecified atom stereocenters. The van der Waals surface area contributed by atoms with Crippen LogP contribution in [0.1, 0.15) is 43.7 Å². The van der Waals surface area contributed by atoms with Crippen LogP contribution in [-0.4, -0.2) is 48.2 Å². The van der Waals surface area contributed by atoms with Crippen LogP contribution < -0.4 is 0 Å². The summed E-state index contributed by atoms with van der Waals surface area (Å²) in [6.07, 6.45) is 0.400. The quantitative estimate of drug-likeness (QED) is 0.738. The Bertz CT molecular complexity index is 913. The van der Waals surface area contributed by atoms with Gasteiger partial charge in [0.15, 0.2) is 5.90 Å². The fraction of sp³-hybridized carbons (Fsp3) is 0.476. The van der Waals surface area contributed by atoms with E-state index in [1.807, 2.05) is 32.0 Å². The standard InChI is InChI=1S/C21H26N2O5/c1-5-26-19(24)15(18-23-21(3,4)12-28-18)9-13-7-8-14-11-17(20(25)27-6-2)22-16(14)10-13/h7-8,10-11,15,22H,5-6,9,12H2,1-4H3. The number of benzene rings is 1. The number of hydrogen-bond donors (Lipinski definition) is 1. The zero-order valence-corrected chi connectivity index (χ0v) is 16.7. The molecule has 1 aliphatic heterocycles. The van der Waals surface area contributed by atoms with E-state index in [2.05, 4.69) is 9.98 Å². The number of carbonyl (C=O) groups excluding carboxylic acids is 2. The van der Waals surface area contributed by atoms with Crippen LogP contribution in [0.25, 0.3) is 10.9 Å². The van der Waals surface area contributed by atoms with Crippen LogP contribution in [0.2, 0.25) is 0 Å². The molecule has 7 heteroatoms. The fourth-order valence-corrected chi connectivity index (χ4v) is 3.16. The maximum atomic E-state index is 12.5. The first-order chi connectivity index (χ1) is 13.3. The van der Waals surface area contributed by atoms with Crippen molar-refractivity contribution >= 4 is 28.7 Å². The minimum Gasteiger partial charge on any atom is -0.478 e. The SMILES string of the molecule is CCOC(=O)c1cc2ccc(CC(C(=O)OCC)C3=NC(C)(C)CO3)cc2[nH]1. The summed E-state index contributed by atoms with van der Waals surface area (Å²) in [7, 11) is 0. The summed E-state index contributed by atoms with van der Waals surface area (Å²) in [4.78, 5) is 32.1. The van der Waals surface area contributed by atoms with Gasteiger partial charge < -0.3 is 19.2 Å². The van der Waals surface area contributed by atoms with E-state index in [1.54, 1.807) is 19.9 Å². The van der Waals surface area contributed by atoms with Crippen molar-refractivity contribution in [1.82, 2.24) is 4.98 Å². The number of aromatic amines is 1. The van der Waals surface area contributed by atoms with Crippen LogP contribution in [0.5, 0.6) is 0 Å². The number of fused-ring (bicyclic) bond motifs is 1. The van der Waals surface area contributed by atoms with Gasteiger partial charge in [-0.1, -0.05) is 12.1 Å². The van der Waals surface area contributed by atoms with Gasteiger partial charge in [-0.3, -0.25) is 4.79 Å². The van der Waals surface area contributed by atoms with Crippen LogP contribution in [0.15, 0.2) is 29.3 Å². The third kappa shape index (κ3) is 4.35. The average Bonchev–Trinajstić information content (AvgIpc) is 3.22. The first kappa shape index (κ1) is 19.9. The van der Waals surface area contributed by atoms with Crippen LogP contribution in [0.3, 0.4) is 0 Å². The second-order valence-corrected chi connectivity index (χ2v) is 7.38. The van der Waals surface area contributed by atoms with Gasteiger partial charge >= 0.3 is 11.9 Å². The lowest BCUT2D eigenvalue weighted by Crippen LogP contribution is -2.28. The third-order valence-electron chi connectivity index (χ3n) is 4.48. The average molecular weight is 386 g/mol. The van der Waals surface area contributed by atoms with E-state index < -0.39 is 5.92 Å². The number of carbonyl (C=O) groups is 2. The Morgan fingerprint density at radius 1 is 1.21 bits per heavy atom. The van der Waals surface area contributed by atoms with Gasteiger partial charge in [0.05, 0.1) is 18.8 Å². The van der Waals surface area contributed by atoms with Crippen molar-refractivity contribution in [2.45, 2.75) is 39.7 Å². The number of nitrogens with one attached hydrogen (secondary N) is 1. The van der Waals surface area contributed by atoms with Gasteiger partial charge in [-0.2, -0.15) is 0 Å². The Balaban J connectivity index is 1.86. The summed E-state index contributed by atoms with van der Waals surface area (Å²) in [5, 5.41) is 0.898. The van der Waals surface area contributed by atoms with Crippen LogP contribution >= 0.6 is 0 Å². The first-order valence-corrected chi connectivity index (χ1v) is 9.51. The van der Waals surface area contributed by atoms with Crippen LogP contribution in [0.4, 0.5) is 0 Å². The van der Waals surface area contributed by atoms with E-state index in [9.17, 15) is 9.59 Å². The maximum absolute atomic E-state index is 12.5. The molecule has 0 bridgehead atoms. The van der Waals surface area contributed by atoms with Crippen molar-refractivity contribution in [2.24, 2.45) is 10.9 Å². The van der Waals surface area contributed by atoms with E-state index in [4.69, 9.17) is 14.2 Å². The molecule has 2 heterocycles. The molecule has 7 nitrogen and oxygen atoms in total. The number of ether oxygens (including phenoxy) is 3. The first-order valence-electron chi connectivity index (χ1n) is 9.51. The molecule has 28 heavy (non-hydrogen) atoms. The molecule has 1 aliphatic rings. The Kier molecular flexibility index (Phi) is 5.72. The second kappa shape index (κ2) is 8.04. The smallest absolute Gasteiger partial charge is 0.354 e. The molecule has 2 aromatic rings. The van der Waals surface area contributed by atoms with Gasteiger partial charge in [0.2, 0.25) is 0 Å². The summed E-state index contributed by atoms with van der Waals surface area (Å²) < 4.78 is 16.0. The number of esters is 2. The lowest BCUT2D eigenvalue weighted by Gasteiger charge is -2.15. The van der Waals surface area contributed by atoms with E-state index >= 15 is 0 Å². The molecular weight excluding hydrogens is 360 g/mol. The Morgan fingerprint density at radius 3 is 2.61 bits per heavy atom. The number of aromatic nitrogens is 1. The Morgan fingerprint density at radius 2 is 1.96 bits per heavy atom. The maximum Gasteiger partial charge on any atom is 0.354 e. The highest BCUT2D eigenvalue weighted by molar-refractivity contribution is 5.99. The summed E-state index contributed by atoms with van der Waals surface area (Å²) in [6.45, 7) is 8.52. The monoisotopic (exact) mass is 386 g/mol. The van der Waals surface area contributed by atoms with Gasteiger partial charge in [0.25, 0.3) is 0 Å². The van der Waals surface area contributed by atoms with Gasteiger partial charge in [0, 0.05) is 10.9 Å². The number of H-pyrrole nitrogens is 1. The summed E-state index contributed by atoms with van der Waals surface area (Å²) in [6, 6.07) is 7.52. The molecule has 0 saturated heterocycles. The predicted octanol–water partition coefficient (Wildman–Crippen LogP) is 3.27.